The van der Waals surface area contributed by atoms with E-state index in [1.54, 1.807) is 12.1 Å². The molecule has 0 radical (unpaired) electrons. The number of rotatable bonds is 7. The van der Waals surface area contributed by atoms with Crippen LogP contribution in [-0.4, -0.2) is 82.5 Å². The molecule has 1 saturated carbocycles. The Bertz CT molecular complexity index is 1350. The lowest BCUT2D eigenvalue weighted by Crippen LogP contribution is -2.40. The molecule has 1 aromatic heterocycles. The fourth-order valence-electron chi connectivity index (χ4n) is 5.87. The lowest BCUT2D eigenvalue weighted by molar-refractivity contribution is 0.0490. The number of benzene rings is 1. The molecule has 3 saturated heterocycles. The van der Waals surface area contributed by atoms with E-state index in [1.807, 2.05) is 0 Å². The molecule has 0 spiro atoms. The minimum absolute atomic E-state index is 0.0570. The lowest BCUT2D eigenvalue weighted by Gasteiger charge is -2.24. The first-order valence-electron chi connectivity index (χ1n) is 13.7. The molecule has 9 nitrogen and oxygen atoms in total. The Morgan fingerprint density at radius 2 is 1.77 bits per heavy atom. The second-order valence-corrected chi connectivity index (χ2v) is 12.4. The fourth-order valence-corrected chi connectivity index (χ4v) is 6.30. The SMILES string of the molecule is NS(=O)c1ccc(C(=O)N2C[C@@H]3CN(C(=O)c4cc(OCC5CCOCC5)nc(C5CC5)c4)C[C@@]3(F)C2)c(F)c1. The molecule has 1 unspecified atom stereocenters. The summed E-state index contributed by atoms with van der Waals surface area (Å²) >= 11 is 0. The third-order valence-electron chi connectivity index (χ3n) is 8.37. The quantitative estimate of drug-likeness (QED) is 0.544. The zero-order chi connectivity index (χ0) is 28.0. The zero-order valence-electron chi connectivity index (χ0n) is 22.0. The van der Waals surface area contributed by atoms with E-state index < -0.39 is 34.3 Å². The number of halogens is 2. The lowest BCUT2D eigenvalue weighted by atomic mass is 9.97. The smallest absolute Gasteiger partial charge is 0.256 e. The summed E-state index contributed by atoms with van der Waals surface area (Å²) in [6, 6.07) is 6.93. The number of ether oxygens (including phenoxy) is 2. The second kappa shape index (κ2) is 10.8. The van der Waals surface area contributed by atoms with Gasteiger partial charge in [0, 0.05) is 55.5 Å². The van der Waals surface area contributed by atoms with E-state index in [1.165, 1.54) is 21.9 Å². The van der Waals surface area contributed by atoms with E-state index in [-0.39, 0.29) is 42.5 Å². The van der Waals surface area contributed by atoms with Gasteiger partial charge in [-0.25, -0.2) is 23.1 Å². The monoisotopic (exact) mass is 574 g/mol. The Balaban J connectivity index is 1.13. The molecule has 2 aromatic rings. The molecule has 4 aliphatic rings. The van der Waals surface area contributed by atoms with Crippen molar-refractivity contribution in [3.63, 3.8) is 0 Å². The van der Waals surface area contributed by atoms with Crippen molar-refractivity contribution in [2.24, 2.45) is 17.0 Å². The molecule has 1 aromatic carbocycles. The number of nitrogens with two attached hydrogens (primary N) is 1. The van der Waals surface area contributed by atoms with Gasteiger partial charge in [-0.15, -0.1) is 0 Å². The van der Waals surface area contributed by atoms with E-state index in [0.29, 0.717) is 29.9 Å². The van der Waals surface area contributed by atoms with Crippen LogP contribution < -0.4 is 9.88 Å². The van der Waals surface area contributed by atoms with Gasteiger partial charge >= 0.3 is 0 Å². The van der Waals surface area contributed by atoms with Crippen molar-refractivity contribution < 1.29 is 32.1 Å². The van der Waals surface area contributed by atoms with Gasteiger partial charge < -0.3 is 19.3 Å². The molecule has 40 heavy (non-hydrogen) atoms. The number of hydrogen-bond acceptors (Lipinski definition) is 6. The molecule has 0 bridgehead atoms. The summed E-state index contributed by atoms with van der Waals surface area (Å²) in [5.41, 5.74) is -0.779. The molecule has 3 aliphatic heterocycles. The van der Waals surface area contributed by atoms with Crippen molar-refractivity contribution in [3.05, 3.63) is 53.0 Å². The van der Waals surface area contributed by atoms with Crippen LogP contribution in [0.3, 0.4) is 0 Å². The summed E-state index contributed by atoms with van der Waals surface area (Å²) in [6.45, 7) is 1.75. The molecule has 2 N–H and O–H groups in total. The van der Waals surface area contributed by atoms with Gasteiger partial charge in [-0.1, -0.05) is 0 Å². The maximum Gasteiger partial charge on any atom is 0.256 e. The average molecular weight is 575 g/mol. The van der Waals surface area contributed by atoms with Crippen LogP contribution in [0.2, 0.25) is 0 Å². The summed E-state index contributed by atoms with van der Waals surface area (Å²) in [5, 5.41) is 5.28. The number of pyridine rings is 1. The fraction of sp³-hybridized carbons (Fsp3) is 0.536. The van der Waals surface area contributed by atoms with Crippen LogP contribution in [-0.2, 0) is 15.7 Å². The molecule has 4 fully saturated rings. The Morgan fingerprint density at radius 3 is 2.40 bits per heavy atom. The maximum atomic E-state index is 16.1. The third kappa shape index (κ3) is 5.48. The van der Waals surface area contributed by atoms with Crippen molar-refractivity contribution in [2.75, 3.05) is 46.0 Å². The van der Waals surface area contributed by atoms with Gasteiger partial charge in [0.2, 0.25) is 5.88 Å². The van der Waals surface area contributed by atoms with E-state index in [4.69, 9.17) is 14.6 Å². The number of likely N-dealkylation sites (tertiary alicyclic amines) is 2. The second-order valence-electron chi connectivity index (χ2n) is 11.3. The highest BCUT2D eigenvalue weighted by atomic mass is 32.2. The Morgan fingerprint density at radius 1 is 1.07 bits per heavy atom. The Hall–Kier alpha value is -2.96. The van der Waals surface area contributed by atoms with Crippen LogP contribution in [0, 0.1) is 17.7 Å². The van der Waals surface area contributed by atoms with Crippen LogP contribution in [0.4, 0.5) is 8.78 Å². The Kier molecular flexibility index (Phi) is 7.34. The largest absolute Gasteiger partial charge is 0.477 e. The molecule has 3 atom stereocenters. The number of carbonyl (C=O) groups is 2. The van der Waals surface area contributed by atoms with Crippen LogP contribution in [0.15, 0.2) is 35.2 Å². The molecular formula is C28H32F2N4O5S. The standard InChI is InChI=1S/C28H32F2N4O5S/c29-23-11-21(40(31)37)3-4-22(23)27(36)34-13-20-12-33(15-28(20,30)16-34)26(35)19-9-24(18-1-2-18)32-25(10-19)39-14-17-5-7-38-8-6-17/h3-4,9-11,17-18,20H,1-2,5-8,12-16,31H2/t20-,28+,40?/m0/s1. The first kappa shape index (κ1) is 27.2. The van der Waals surface area contributed by atoms with Gasteiger partial charge in [0.25, 0.3) is 11.8 Å². The number of alkyl halides is 1. The molecule has 6 rings (SSSR count). The number of carbonyl (C=O) groups excluding carboxylic acids is 2. The predicted octanol–water partition coefficient (Wildman–Crippen LogP) is 2.82. The molecule has 214 valence electrons. The van der Waals surface area contributed by atoms with Crippen molar-refractivity contribution >= 4 is 22.8 Å². The Labute approximate surface area is 233 Å². The first-order chi connectivity index (χ1) is 19.2. The van der Waals surface area contributed by atoms with Gasteiger partial charge in [-0.3, -0.25) is 9.59 Å². The molecule has 1 aliphatic carbocycles. The zero-order valence-corrected chi connectivity index (χ0v) is 22.8. The topological polar surface area (TPSA) is 115 Å². The van der Waals surface area contributed by atoms with E-state index >= 15 is 4.39 Å². The minimum Gasteiger partial charge on any atom is -0.477 e. The number of amides is 2. The highest BCUT2D eigenvalue weighted by Crippen LogP contribution is 2.42. The molecule has 12 heteroatoms. The highest BCUT2D eigenvalue weighted by molar-refractivity contribution is 7.82. The van der Waals surface area contributed by atoms with Gasteiger partial charge in [0.1, 0.15) is 16.8 Å². The number of nitrogens with zero attached hydrogens (tertiary/aromatic N) is 3. The molecule has 4 heterocycles. The van der Waals surface area contributed by atoms with E-state index in [2.05, 4.69) is 4.98 Å². The molecule has 2 amide bonds. The highest BCUT2D eigenvalue weighted by Gasteiger charge is 2.55. The van der Waals surface area contributed by atoms with E-state index in [0.717, 1.165) is 50.7 Å². The minimum atomic E-state index is -1.88. The van der Waals surface area contributed by atoms with Crippen molar-refractivity contribution in [3.8, 4) is 5.88 Å². The summed E-state index contributed by atoms with van der Waals surface area (Å²) in [5.74, 6) is -1.29. The average Bonchev–Trinajstić information content (AvgIpc) is 3.68. The van der Waals surface area contributed by atoms with Crippen LogP contribution >= 0.6 is 0 Å². The van der Waals surface area contributed by atoms with Crippen molar-refractivity contribution in [1.29, 1.82) is 0 Å². The van der Waals surface area contributed by atoms with Crippen molar-refractivity contribution in [2.45, 2.75) is 42.2 Å². The van der Waals surface area contributed by atoms with Crippen LogP contribution in [0.5, 0.6) is 5.88 Å². The first-order valence-corrected chi connectivity index (χ1v) is 14.9. The van der Waals surface area contributed by atoms with Gasteiger partial charge in [-0.05, 0) is 55.9 Å². The van der Waals surface area contributed by atoms with Gasteiger partial charge in [-0.2, -0.15) is 0 Å². The summed E-state index contributed by atoms with van der Waals surface area (Å²) < 4.78 is 53.4. The van der Waals surface area contributed by atoms with Gasteiger partial charge in [0.15, 0.2) is 5.67 Å². The normalized spacial score (nSPS) is 25.6. The number of hydrogen-bond donors (Lipinski definition) is 1. The number of aromatic nitrogens is 1. The third-order valence-corrected chi connectivity index (χ3v) is 9.09. The van der Waals surface area contributed by atoms with E-state index in [9.17, 15) is 18.2 Å². The predicted molar refractivity (Wildman–Crippen MR) is 141 cm³/mol. The van der Waals surface area contributed by atoms with Crippen LogP contribution in [0.25, 0.3) is 0 Å². The van der Waals surface area contributed by atoms with Gasteiger partial charge in [0.05, 0.1) is 30.2 Å². The van der Waals surface area contributed by atoms with Crippen LogP contribution in [0.1, 0.15) is 58.0 Å². The summed E-state index contributed by atoms with van der Waals surface area (Å²) in [7, 11) is -1.88. The number of fused-ring (bicyclic) bond motifs is 1. The summed E-state index contributed by atoms with van der Waals surface area (Å²) in [6.07, 6.45) is 3.88. The summed E-state index contributed by atoms with van der Waals surface area (Å²) in [4.78, 5) is 34.0. The maximum absolute atomic E-state index is 16.1. The molecular weight excluding hydrogens is 542 g/mol. The van der Waals surface area contributed by atoms with Crippen molar-refractivity contribution in [1.82, 2.24) is 14.8 Å².